The minimum atomic E-state index is -1.08. The number of fused-ring (bicyclic) bond motifs is 3. The largest absolute Gasteiger partial charge is 0.478 e. The molecule has 1 aliphatic rings. The highest BCUT2D eigenvalue weighted by Crippen LogP contribution is 2.44. The van der Waals surface area contributed by atoms with Gasteiger partial charge in [0.1, 0.15) is 6.61 Å². The van der Waals surface area contributed by atoms with Crippen LogP contribution in [0.1, 0.15) is 33.0 Å². The molecule has 3 aromatic rings. The first kappa shape index (κ1) is 20.6. The van der Waals surface area contributed by atoms with Crippen LogP contribution >= 0.6 is 31.9 Å². The molecule has 1 aliphatic carbocycles. The normalized spacial score (nSPS) is 12.2. The Balaban J connectivity index is 1.55. The summed E-state index contributed by atoms with van der Waals surface area (Å²) in [4.78, 5) is 24.1. The van der Waals surface area contributed by atoms with Gasteiger partial charge in [-0.2, -0.15) is 0 Å². The third-order valence-electron chi connectivity index (χ3n) is 5.27. The first-order valence-corrected chi connectivity index (χ1v) is 10.8. The van der Waals surface area contributed by atoms with E-state index in [9.17, 15) is 14.7 Å². The van der Waals surface area contributed by atoms with Crippen molar-refractivity contribution in [3.05, 3.63) is 85.8 Å². The average Bonchev–Trinajstić information content (AvgIpc) is 3.03. The molecule has 0 aliphatic heterocycles. The summed E-state index contributed by atoms with van der Waals surface area (Å²) in [7, 11) is 0. The lowest BCUT2D eigenvalue weighted by Crippen LogP contribution is -2.19. The highest BCUT2D eigenvalue weighted by atomic mass is 79.9. The summed E-state index contributed by atoms with van der Waals surface area (Å²) in [6.07, 6.45) is -0.640. The van der Waals surface area contributed by atoms with Crippen LogP contribution in [0, 0.1) is 6.92 Å². The van der Waals surface area contributed by atoms with Crippen molar-refractivity contribution in [3.8, 4) is 11.1 Å². The molecule has 4 rings (SSSR count). The molecule has 0 unspecified atom stereocenters. The first-order valence-electron chi connectivity index (χ1n) is 9.22. The second-order valence-electron chi connectivity index (χ2n) is 6.97. The van der Waals surface area contributed by atoms with Gasteiger partial charge in [-0.3, -0.25) is 5.32 Å². The van der Waals surface area contributed by atoms with Crippen molar-refractivity contribution in [2.75, 3.05) is 11.9 Å². The van der Waals surface area contributed by atoms with Crippen molar-refractivity contribution in [1.82, 2.24) is 0 Å². The second-order valence-corrected chi connectivity index (χ2v) is 8.68. The number of anilines is 1. The number of carboxylic acids is 1. The van der Waals surface area contributed by atoms with Gasteiger partial charge in [-0.15, -0.1) is 0 Å². The number of benzene rings is 3. The Hall–Kier alpha value is -2.64. The number of hydrogen-bond donors (Lipinski definition) is 2. The lowest BCUT2D eigenvalue weighted by molar-refractivity contribution is 0.0695. The Morgan fingerprint density at radius 1 is 1.00 bits per heavy atom. The quantitative estimate of drug-likeness (QED) is 0.399. The Bertz CT molecular complexity index is 1130. The monoisotopic (exact) mass is 529 g/mol. The summed E-state index contributed by atoms with van der Waals surface area (Å²) in [6.45, 7) is 1.82. The van der Waals surface area contributed by atoms with Crippen molar-refractivity contribution in [2.24, 2.45) is 0 Å². The fourth-order valence-corrected chi connectivity index (χ4v) is 5.52. The minimum absolute atomic E-state index is 0.0489. The molecule has 30 heavy (non-hydrogen) atoms. The molecule has 0 atom stereocenters. The zero-order valence-corrected chi connectivity index (χ0v) is 19.1. The summed E-state index contributed by atoms with van der Waals surface area (Å²) in [5.74, 6) is -1.13. The second kappa shape index (κ2) is 8.24. The fourth-order valence-electron chi connectivity index (χ4n) is 3.89. The Kier molecular flexibility index (Phi) is 5.66. The van der Waals surface area contributed by atoms with Gasteiger partial charge in [0.15, 0.2) is 0 Å². The van der Waals surface area contributed by atoms with Gasteiger partial charge in [-0.25, -0.2) is 9.59 Å². The van der Waals surface area contributed by atoms with E-state index in [2.05, 4.69) is 61.4 Å². The van der Waals surface area contributed by atoms with Crippen molar-refractivity contribution in [3.63, 3.8) is 0 Å². The topological polar surface area (TPSA) is 75.6 Å². The Labute approximate surface area is 190 Å². The van der Waals surface area contributed by atoms with Gasteiger partial charge in [-0.05, 0) is 72.7 Å². The van der Waals surface area contributed by atoms with Crippen molar-refractivity contribution < 1.29 is 19.4 Å². The van der Waals surface area contributed by atoms with E-state index in [0.717, 1.165) is 22.3 Å². The summed E-state index contributed by atoms with van der Waals surface area (Å²) in [5.41, 5.74) is 5.44. The zero-order valence-electron chi connectivity index (χ0n) is 15.9. The van der Waals surface area contributed by atoms with E-state index in [4.69, 9.17) is 4.74 Å². The van der Waals surface area contributed by atoms with E-state index < -0.39 is 12.1 Å². The molecule has 0 aromatic heterocycles. The lowest BCUT2D eigenvalue weighted by atomic mass is 9.98. The summed E-state index contributed by atoms with van der Waals surface area (Å²) >= 11 is 6.63. The van der Waals surface area contributed by atoms with Crippen molar-refractivity contribution >= 4 is 49.6 Å². The van der Waals surface area contributed by atoms with E-state index in [1.807, 2.05) is 24.3 Å². The van der Waals surface area contributed by atoms with Gasteiger partial charge in [0.2, 0.25) is 0 Å². The van der Waals surface area contributed by atoms with Crippen LogP contribution in [0.4, 0.5) is 10.5 Å². The van der Waals surface area contributed by atoms with E-state index in [0.29, 0.717) is 20.2 Å². The number of aromatic carboxylic acids is 1. The van der Waals surface area contributed by atoms with Gasteiger partial charge in [-0.1, -0.05) is 48.5 Å². The molecule has 7 heteroatoms. The Morgan fingerprint density at radius 2 is 1.57 bits per heavy atom. The molecular weight excluding hydrogens is 514 g/mol. The molecule has 5 nitrogen and oxygen atoms in total. The van der Waals surface area contributed by atoms with Gasteiger partial charge in [0.25, 0.3) is 0 Å². The van der Waals surface area contributed by atoms with Crippen LogP contribution in [0.5, 0.6) is 0 Å². The van der Waals surface area contributed by atoms with Crippen LogP contribution < -0.4 is 5.32 Å². The maximum absolute atomic E-state index is 12.6. The minimum Gasteiger partial charge on any atom is -0.478 e. The number of carboxylic acid groups (broad SMARTS) is 1. The zero-order chi connectivity index (χ0) is 21.4. The van der Waals surface area contributed by atoms with Crippen LogP contribution in [0.2, 0.25) is 0 Å². The van der Waals surface area contributed by atoms with Crippen LogP contribution in [0.15, 0.2) is 63.5 Å². The lowest BCUT2D eigenvalue weighted by Gasteiger charge is -2.17. The SMILES string of the molecule is Cc1c(NC(=O)OCC2c3ccccc3-c3ccccc32)c(Br)cc(Br)c1C(=O)O. The van der Waals surface area contributed by atoms with Crippen LogP contribution in [-0.2, 0) is 4.74 Å². The number of amides is 1. The number of carbonyl (C=O) groups excluding carboxylic acids is 1. The molecule has 0 radical (unpaired) electrons. The van der Waals surface area contributed by atoms with Crippen molar-refractivity contribution in [1.29, 1.82) is 0 Å². The van der Waals surface area contributed by atoms with Crippen molar-refractivity contribution in [2.45, 2.75) is 12.8 Å². The highest BCUT2D eigenvalue weighted by molar-refractivity contribution is 9.11. The smallest absolute Gasteiger partial charge is 0.411 e. The number of hydrogen-bond acceptors (Lipinski definition) is 3. The van der Waals surface area contributed by atoms with Gasteiger partial charge < -0.3 is 9.84 Å². The maximum Gasteiger partial charge on any atom is 0.411 e. The van der Waals surface area contributed by atoms with Gasteiger partial charge in [0, 0.05) is 14.9 Å². The van der Waals surface area contributed by atoms with Gasteiger partial charge >= 0.3 is 12.1 Å². The summed E-state index contributed by atoms with van der Waals surface area (Å²) < 4.78 is 6.54. The number of nitrogens with one attached hydrogen (secondary N) is 1. The molecule has 152 valence electrons. The highest BCUT2D eigenvalue weighted by Gasteiger charge is 2.29. The van der Waals surface area contributed by atoms with E-state index >= 15 is 0 Å². The predicted octanol–water partition coefficient (Wildman–Crippen LogP) is 6.58. The molecule has 0 bridgehead atoms. The van der Waals surface area contributed by atoms with E-state index in [1.165, 1.54) is 0 Å². The van der Waals surface area contributed by atoms with Crippen LogP contribution in [0.25, 0.3) is 11.1 Å². The predicted molar refractivity (Wildman–Crippen MR) is 122 cm³/mol. The van der Waals surface area contributed by atoms with E-state index in [-0.39, 0.29) is 18.1 Å². The summed E-state index contributed by atoms with van der Waals surface area (Å²) in [6, 6.07) is 17.8. The molecule has 3 aromatic carbocycles. The summed E-state index contributed by atoms with van der Waals surface area (Å²) in [5, 5.41) is 12.1. The van der Waals surface area contributed by atoms with Crippen LogP contribution in [0.3, 0.4) is 0 Å². The van der Waals surface area contributed by atoms with Crippen LogP contribution in [-0.4, -0.2) is 23.8 Å². The molecule has 0 saturated heterocycles. The fraction of sp³-hybridized carbons (Fsp3) is 0.130. The average molecular weight is 531 g/mol. The molecule has 0 saturated carbocycles. The molecular formula is C23H17Br2NO4. The van der Waals surface area contributed by atoms with E-state index in [1.54, 1.807) is 13.0 Å². The molecule has 0 spiro atoms. The third-order valence-corrected chi connectivity index (χ3v) is 6.52. The number of rotatable bonds is 4. The number of carbonyl (C=O) groups is 2. The van der Waals surface area contributed by atoms with Gasteiger partial charge in [0.05, 0.1) is 11.3 Å². The Morgan fingerprint density at radius 3 is 2.13 bits per heavy atom. The number of ether oxygens (including phenoxy) is 1. The molecule has 0 fully saturated rings. The molecule has 0 heterocycles. The third kappa shape index (κ3) is 3.63. The standard InChI is InChI=1S/C23H17Br2NO4/c1-12-20(22(27)28)18(24)10-19(25)21(12)26-23(29)30-11-17-15-8-4-2-6-13(15)14-7-3-5-9-16(14)17/h2-10,17H,11H2,1H3,(H,26,29)(H,27,28). The maximum atomic E-state index is 12.6. The first-order chi connectivity index (χ1) is 14.4. The number of halogens is 2. The molecule has 1 amide bonds. The molecule has 2 N–H and O–H groups in total.